The number of hydrogen-bond donors (Lipinski definition) is 0. The maximum atomic E-state index is 12.8. The highest BCUT2D eigenvalue weighted by molar-refractivity contribution is 5.96. The van der Waals surface area contributed by atoms with Crippen LogP contribution in [0.4, 0.5) is 13.2 Å². The van der Waals surface area contributed by atoms with Crippen molar-refractivity contribution in [2.45, 2.75) is 6.18 Å². The number of aromatic nitrogens is 2. The SMILES string of the molecule is COC(=O)c1ccccc1-c1nnc(-c2cccc(C(F)(F)F)c2)o1. The summed E-state index contributed by atoms with van der Waals surface area (Å²) >= 11 is 0. The van der Waals surface area contributed by atoms with Crippen LogP contribution in [0.1, 0.15) is 15.9 Å². The van der Waals surface area contributed by atoms with E-state index in [9.17, 15) is 18.0 Å². The van der Waals surface area contributed by atoms with Crippen LogP contribution >= 0.6 is 0 Å². The zero-order chi connectivity index (χ0) is 18.0. The minimum atomic E-state index is -4.48. The summed E-state index contributed by atoms with van der Waals surface area (Å²) in [5, 5.41) is 7.60. The van der Waals surface area contributed by atoms with Gasteiger partial charge in [0.05, 0.1) is 23.8 Å². The first-order chi connectivity index (χ1) is 11.9. The minimum Gasteiger partial charge on any atom is -0.465 e. The van der Waals surface area contributed by atoms with E-state index in [2.05, 4.69) is 14.9 Å². The lowest BCUT2D eigenvalue weighted by molar-refractivity contribution is -0.137. The van der Waals surface area contributed by atoms with Gasteiger partial charge in [-0.05, 0) is 30.3 Å². The van der Waals surface area contributed by atoms with Crippen LogP contribution < -0.4 is 0 Å². The Bertz CT molecular complexity index is 919. The molecule has 2 aromatic carbocycles. The van der Waals surface area contributed by atoms with Gasteiger partial charge in [0, 0.05) is 5.56 Å². The molecule has 0 saturated carbocycles. The summed E-state index contributed by atoms with van der Waals surface area (Å²) < 4.78 is 48.6. The van der Waals surface area contributed by atoms with Crippen LogP contribution in [-0.4, -0.2) is 23.3 Å². The molecule has 0 bridgehead atoms. The second-order valence-corrected chi connectivity index (χ2v) is 5.03. The first kappa shape index (κ1) is 16.7. The molecule has 0 aliphatic heterocycles. The van der Waals surface area contributed by atoms with Crippen molar-refractivity contribution in [2.75, 3.05) is 7.11 Å². The predicted octanol–water partition coefficient (Wildman–Crippen LogP) is 4.21. The molecule has 25 heavy (non-hydrogen) atoms. The molecule has 0 spiro atoms. The number of methoxy groups -OCH3 is 1. The maximum Gasteiger partial charge on any atom is 0.416 e. The molecule has 0 aliphatic rings. The van der Waals surface area contributed by atoms with Gasteiger partial charge < -0.3 is 9.15 Å². The number of ether oxygens (including phenoxy) is 1. The summed E-state index contributed by atoms with van der Waals surface area (Å²) in [6.45, 7) is 0. The maximum absolute atomic E-state index is 12.8. The fraction of sp³-hybridized carbons (Fsp3) is 0.118. The van der Waals surface area contributed by atoms with Crippen molar-refractivity contribution in [1.29, 1.82) is 0 Å². The normalized spacial score (nSPS) is 11.4. The molecule has 0 N–H and O–H groups in total. The second kappa shape index (κ2) is 6.39. The van der Waals surface area contributed by atoms with Gasteiger partial charge in [0.25, 0.3) is 0 Å². The van der Waals surface area contributed by atoms with Gasteiger partial charge >= 0.3 is 12.1 Å². The summed E-state index contributed by atoms with van der Waals surface area (Å²) in [4.78, 5) is 11.8. The molecule has 3 rings (SSSR count). The molecular formula is C17H11F3N2O3. The molecule has 0 atom stereocenters. The van der Waals surface area contributed by atoms with E-state index >= 15 is 0 Å². The van der Waals surface area contributed by atoms with Gasteiger partial charge in [0.2, 0.25) is 11.8 Å². The van der Waals surface area contributed by atoms with Gasteiger partial charge in [-0.15, -0.1) is 10.2 Å². The number of halogens is 3. The quantitative estimate of drug-likeness (QED) is 0.664. The highest BCUT2D eigenvalue weighted by Crippen LogP contribution is 2.33. The molecule has 0 radical (unpaired) electrons. The zero-order valence-electron chi connectivity index (χ0n) is 12.9. The molecule has 8 heteroatoms. The molecule has 0 amide bonds. The number of nitrogens with zero attached hydrogens (tertiary/aromatic N) is 2. The van der Waals surface area contributed by atoms with Crippen LogP contribution in [0.3, 0.4) is 0 Å². The summed E-state index contributed by atoms with van der Waals surface area (Å²) in [6, 6.07) is 11.0. The standard InChI is InChI=1S/C17H11F3N2O3/c1-24-16(23)13-8-3-2-7-12(13)15-22-21-14(25-15)10-5-4-6-11(9-10)17(18,19)20/h2-9H,1H3. The van der Waals surface area contributed by atoms with E-state index in [0.717, 1.165) is 12.1 Å². The molecule has 0 fully saturated rings. The van der Waals surface area contributed by atoms with Crippen LogP contribution in [0.2, 0.25) is 0 Å². The number of benzene rings is 2. The van der Waals surface area contributed by atoms with Gasteiger partial charge in [0.15, 0.2) is 0 Å². The van der Waals surface area contributed by atoms with Crippen molar-refractivity contribution in [2.24, 2.45) is 0 Å². The number of esters is 1. The van der Waals surface area contributed by atoms with Gasteiger partial charge in [-0.1, -0.05) is 18.2 Å². The lowest BCUT2D eigenvalue weighted by Gasteiger charge is -2.06. The summed E-state index contributed by atoms with van der Waals surface area (Å²) in [6.07, 6.45) is -4.48. The summed E-state index contributed by atoms with van der Waals surface area (Å²) in [7, 11) is 1.24. The molecular weight excluding hydrogens is 337 g/mol. The third-order valence-electron chi connectivity index (χ3n) is 3.42. The average Bonchev–Trinajstić information content (AvgIpc) is 3.10. The van der Waals surface area contributed by atoms with Crippen LogP contribution in [-0.2, 0) is 10.9 Å². The van der Waals surface area contributed by atoms with Crippen molar-refractivity contribution in [1.82, 2.24) is 10.2 Å². The van der Waals surface area contributed by atoms with Crippen LogP contribution in [0.5, 0.6) is 0 Å². The second-order valence-electron chi connectivity index (χ2n) is 5.03. The molecule has 3 aromatic rings. The third-order valence-corrected chi connectivity index (χ3v) is 3.42. The molecule has 1 aromatic heterocycles. The van der Waals surface area contributed by atoms with Crippen molar-refractivity contribution in [3.05, 3.63) is 59.7 Å². The molecule has 128 valence electrons. The van der Waals surface area contributed by atoms with Gasteiger partial charge in [-0.3, -0.25) is 0 Å². The number of alkyl halides is 3. The van der Waals surface area contributed by atoms with E-state index in [1.165, 1.54) is 25.3 Å². The Morgan fingerprint density at radius 2 is 1.76 bits per heavy atom. The van der Waals surface area contributed by atoms with E-state index in [0.29, 0.717) is 5.56 Å². The molecule has 0 saturated heterocycles. The van der Waals surface area contributed by atoms with Crippen molar-refractivity contribution in [3.63, 3.8) is 0 Å². The molecule has 0 unspecified atom stereocenters. The predicted molar refractivity (Wildman–Crippen MR) is 81.5 cm³/mol. The van der Waals surface area contributed by atoms with Crippen LogP contribution in [0.15, 0.2) is 52.9 Å². The summed E-state index contributed by atoms with van der Waals surface area (Å²) in [5.74, 6) is -0.663. The Balaban J connectivity index is 2.01. The van der Waals surface area contributed by atoms with E-state index in [1.54, 1.807) is 18.2 Å². The number of hydrogen-bond acceptors (Lipinski definition) is 5. The lowest BCUT2D eigenvalue weighted by Crippen LogP contribution is -2.04. The van der Waals surface area contributed by atoms with Gasteiger partial charge in [0.1, 0.15) is 0 Å². The highest BCUT2D eigenvalue weighted by Gasteiger charge is 2.31. The summed E-state index contributed by atoms with van der Waals surface area (Å²) in [5.41, 5.74) is -0.145. The first-order valence-corrected chi connectivity index (χ1v) is 7.09. The molecule has 1 heterocycles. The van der Waals surface area contributed by atoms with Gasteiger partial charge in [-0.25, -0.2) is 4.79 Å². The monoisotopic (exact) mass is 348 g/mol. The molecule has 0 aliphatic carbocycles. The van der Waals surface area contributed by atoms with Crippen LogP contribution in [0.25, 0.3) is 22.9 Å². The fourth-order valence-electron chi connectivity index (χ4n) is 2.23. The number of rotatable bonds is 3. The zero-order valence-corrected chi connectivity index (χ0v) is 12.9. The van der Waals surface area contributed by atoms with E-state index in [4.69, 9.17) is 4.42 Å². The van der Waals surface area contributed by atoms with E-state index < -0.39 is 17.7 Å². The van der Waals surface area contributed by atoms with Gasteiger partial charge in [-0.2, -0.15) is 13.2 Å². The first-order valence-electron chi connectivity index (χ1n) is 7.09. The Labute approximate surface area is 140 Å². The Morgan fingerprint density at radius 3 is 2.48 bits per heavy atom. The Morgan fingerprint density at radius 1 is 1.04 bits per heavy atom. The van der Waals surface area contributed by atoms with Crippen LogP contribution in [0, 0.1) is 0 Å². The van der Waals surface area contributed by atoms with Crippen molar-refractivity contribution < 1.29 is 27.1 Å². The van der Waals surface area contributed by atoms with Crippen molar-refractivity contribution in [3.8, 4) is 22.9 Å². The Kier molecular flexibility index (Phi) is 4.26. The average molecular weight is 348 g/mol. The van der Waals surface area contributed by atoms with E-state index in [-0.39, 0.29) is 22.9 Å². The fourth-order valence-corrected chi connectivity index (χ4v) is 2.23. The number of carbonyl (C=O) groups excluding carboxylic acids is 1. The van der Waals surface area contributed by atoms with E-state index in [1.807, 2.05) is 0 Å². The highest BCUT2D eigenvalue weighted by atomic mass is 19.4. The molecule has 5 nitrogen and oxygen atoms in total. The largest absolute Gasteiger partial charge is 0.465 e. The lowest BCUT2D eigenvalue weighted by atomic mass is 10.1. The number of carbonyl (C=O) groups is 1. The topological polar surface area (TPSA) is 65.2 Å². The van der Waals surface area contributed by atoms with Crippen molar-refractivity contribution >= 4 is 5.97 Å². The minimum absolute atomic E-state index is 0.00779. The Hall–Kier alpha value is -3.16. The smallest absolute Gasteiger partial charge is 0.416 e. The third kappa shape index (κ3) is 3.37.